The van der Waals surface area contributed by atoms with Crippen molar-refractivity contribution in [2.24, 2.45) is 10.2 Å². The fraction of sp³-hybridized carbons (Fsp3) is 0.667. The maximum Gasteiger partial charge on any atom is 0.274 e. The van der Waals surface area contributed by atoms with Crippen LogP contribution in [0.2, 0.25) is 0 Å². The highest BCUT2D eigenvalue weighted by atomic mass is 32.2. The molecule has 1 aliphatic heterocycles. The van der Waals surface area contributed by atoms with Gasteiger partial charge in [0.05, 0.1) is 5.75 Å². The molecule has 0 aliphatic carbocycles. The molecule has 1 rings (SSSR count). The molecule has 0 aromatic heterocycles. The van der Waals surface area contributed by atoms with Gasteiger partial charge in [-0.05, 0) is 0 Å². The summed E-state index contributed by atoms with van der Waals surface area (Å²) >= 11 is 1.49. The van der Waals surface area contributed by atoms with Crippen LogP contribution in [0.15, 0.2) is 10.2 Å². The van der Waals surface area contributed by atoms with Crippen LogP contribution in [0.5, 0.6) is 0 Å². The first-order valence-corrected chi connectivity index (χ1v) is 3.03. The zero-order valence-corrected chi connectivity index (χ0v) is 4.44. The molecule has 7 heavy (non-hydrogen) atoms. The second kappa shape index (κ2) is 2.07. The lowest BCUT2D eigenvalue weighted by Gasteiger charge is -1.95. The van der Waals surface area contributed by atoms with Crippen LogP contribution in [0.3, 0.4) is 0 Å². The molecular formula is C3H4N2OS. The van der Waals surface area contributed by atoms with Gasteiger partial charge in [-0.2, -0.15) is 5.11 Å². The summed E-state index contributed by atoms with van der Waals surface area (Å²) < 4.78 is 0. The molecular weight excluding hydrogens is 112 g/mol. The summed E-state index contributed by atoms with van der Waals surface area (Å²) in [6.07, 6.45) is 0. The van der Waals surface area contributed by atoms with Gasteiger partial charge in [-0.3, -0.25) is 4.79 Å². The zero-order valence-electron chi connectivity index (χ0n) is 3.63. The van der Waals surface area contributed by atoms with E-state index in [1.807, 2.05) is 0 Å². The van der Waals surface area contributed by atoms with Crippen molar-refractivity contribution >= 4 is 17.7 Å². The Morgan fingerprint density at radius 3 is 2.86 bits per heavy atom. The molecule has 3 nitrogen and oxygen atoms in total. The van der Waals surface area contributed by atoms with Crippen molar-refractivity contribution < 1.29 is 4.79 Å². The largest absolute Gasteiger partial charge is 0.274 e. The molecule has 0 fully saturated rings. The summed E-state index contributed by atoms with van der Waals surface area (Å²) in [6.45, 7) is 0. The smallest absolute Gasteiger partial charge is 0.270 e. The van der Waals surface area contributed by atoms with Crippen molar-refractivity contribution in [3.8, 4) is 0 Å². The zero-order chi connectivity index (χ0) is 5.11. The number of azo groups is 1. The Kier molecular flexibility index (Phi) is 1.41. The Morgan fingerprint density at radius 2 is 2.57 bits per heavy atom. The third-order valence-corrected chi connectivity index (χ3v) is 1.31. The number of amides is 1. The first-order valence-electron chi connectivity index (χ1n) is 1.87. The minimum absolute atomic E-state index is 0.115. The maximum absolute atomic E-state index is 10.2. The molecule has 0 saturated heterocycles. The Bertz CT molecular complexity index is 112. The minimum atomic E-state index is -0.115. The lowest BCUT2D eigenvalue weighted by molar-refractivity contribution is -0.116. The molecule has 0 aromatic carbocycles. The molecule has 0 N–H and O–H groups in total. The molecule has 38 valence electrons. The monoisotopic (exact) mass is 116 g/mol. The number of thioether (sulfide) groups is 1. The molecule has 0 atom stereocenters. The van der Waals surface area contributed by atoms with Crippen molar-refractivity contribution in [2.75, 3.05) is 11.6 Å². The van der Waals surface area contributed by atoms with Crippen molar-refractivity contribution in [3.63, 3.8) is 0 Å². The minimum Gasteiger partial charge on any atom is -0.270 e. The third kappa shape index (κ3) is 1.27. The van der Waals surface area contributed by atoms with Gasteiger partial charge >= 0.3 is 0 Å². The Balaban J connectivity index is 2.51. The highest BCUT2D eigenvalue weighted by Gasteiger charge is 2.01. The Morgan fingerprint density at radius 1 is 1.71 bits per heavy atom. The van der Waals surface area contributed by atoms with Gasteiger partial charge in [-0.15, -0.1) is 16.9 Å². The lowest BCUT2D eigenvalue weighted by Crippen LogP contribution is -2.00. The summed E-state index contributed by atoms with van der Waals surface area (Å²) in [7, 11) is 0. The van der Waals surface area contributed by atoms with Crippen LogP contribution in [0.25, 0.3) is 0 Å². The quantitative estimate of drug-likeness (QED) is 0.466. The number of hydrogen-bond acceptors (Lipinski definition) is 3. The molecule has 1 aliphatic rings. The summed E-state index contributed by atoms with van der Waals surface area (Å²) in [5, 5.41) is 6.79. The van der Waals surface area contributed by atoms with Gasteiger partial charge < -0.3 is 0 Å². The Labute approximate surface area is 45.2 Å². The highest BCUT2D eigenvalue weighted by Crippen LogP contribution is 2.05. The van der Waals surface area contributed by atoms with E-state index in [0.717, 1.165) is 0 Å². The topological polar surface area (TPSA) is 41.8 Å². The second-order valence-corrected chi connectivity index (χ2v) is 2.07. The van der Waals surface area contributed by atoms with E-state index >= 15 is 0 Å². The molecule has 0 saturated carbocycles. The summed E-state index contributed by atoms with van der Waals surface area (Å²) in [6, 6.07) is 0. The number of nitrogens with zero attached hydrogens (tertiary/aromatic N) is 2. The fourth-order valence-corrected chi connectivity index (χ4v) is 0.773. The van der Waals surface area contributed by atoms with Crippen molar-refractivity contribution in [1.29, 1.82) is 0 Å². The number of rotatable bonds is 0. The van der Waals surface area contributed by atoms with E-state index in [9.17, 15) is 4.79 Å². The third-order valence-electron chi connectivity index (χ3n) is 0.557. The van der Waals surface area contributed by atoms with E-state index in [-0.39, 0.29) is 5.91 Å². The van der Waals surface area contributed by atoms with Crippen LogP contribution in [0.4, 0.5) is 0 Å². The van der Waals surface area contributed by atoms with Gasteiger partial charge in [0, 0.05) is 0 Å². The maximum atomic E-state index is 10.2. The highest BCUT2D eigenvalue weighted by molar-refractivity contribution is 7.99. The molecule has 0 bridgehead atoms. The fourth-order valence-electron chi connectivity index (χ4n) is 0.310. The van der Waals surface area contributed by atoms with Gasteiger partial charge in [-0.25, -0.2) is 0 Å². The molecule has 1 amide bonds. The van der Waals surface area contributed by atoms with Crippen LogP contribution in [-0.2, 0) is 4.79 Å². The standard InChI is InChI=1S/C3H4N2OS/c6-3-1-7-2-4-5-3/h1-2H2. The van der Waals surface area contributed by atoms with Gasteiger partial charge in [0.2, 0.25) is 0 Å². The van der Waals surface area contributed by atoms with E-state index < -0.39 is 0 Å². The average Bonchev–Trinajstić information content (AvgIpc) is 1.69. The average molecular weight is 116 g/mol. The van der Waals surface area contributed by atoms with Crippen molar-refractivity contribution in [1.82, 2.24) is 0 Å². The molecule has 0 spiro atoms. The van der Waals surface area contributed by atoms with E-state index in [1.165, 1.54) is 11.8 Å². The van der Waals surface area contributed by atoms with E-state index in [2.05, 4.69) is 10.2 Å². The molecule has 4 heteroatoms. The second-order valence-electron chi connectivity index (χ2n) is 1.11. The van der Waals surface area contributed by atoms with Gasteiger partial charge in [-0.1, -0.05) is 0 Å². The number of carbonyl (C=O) groups is 1. The van der Waals surface area contributed by atoms with Crippen molar-refractivity contribution in [3.05, 3.63) is 0 Å². The van der Waals surface area contributed by atoms with Gasteiger partial charge in [0.25, 0.3) is 5.91 Å². The first-order chi connectivity index (χ1) is 3.39. The van der Waals surface area contributed by atoms with Crippen LogP contribution in [0.1, 0.15) is 0 Å². The van der Waals surface area contributed by atoms with Gasteiger partial charge in [0.15, 0.2) is 0 Å². The van der Waals surface area contributed by atoms with E-state index in [4.69, 9.17) is 0 Å². The first kappa shape index (κ1) is 4.77. The normalized spacial score (nSPS) is 20.3. The molecule has 0 aromatic rings. The number of carbonyl (C=O) groups excluding carboxylic acids is 1. The lowest BCUT2D eigenvalue weighted by atomic mass is 10.8. The summed E-state index contributed by atoms with van der Waals surface area (Å²) in [5.74, 6) is 1.03. The predicted molar refractivity (Wildman–Crippen MR) is 27.2 cm³/mol. The van der Waals surface area contributed by atoms with Crippen molar-refractivity contribution in [2.45, 2.75) is 0 Å². The van der Waals surface area contributed by atoms with Crippen LogP contribution < -0.4 is 0 Å². The predicted octanol–water partition coefficient (Wildman–Crippen LogP) is 0.670. The molecule has 1 heterocycles. The van der Waals surface area contributed by atoms with Crippen LogP contribution >= 0.6 is 11.8 Å². The van der Waals surface area contributed by atoms with Crippen LogP contribution in [0, 0.1) is 0 Å². The summed E-state index contributed by atoms with van der Waals surface area (Å²) in [5.41, 5.74) is 0. The molecule has 0 radical (unpaired) electrons. The molecule has 0 unspecified atom stereocenters. The van der Waals surface area contributed by atoms with Crippen LogP contribution in [-0.4, -0.2) is 17.5 Å². The van der Waals surface area contributed by atoms with Gasteiger partial charge in [0.1, 0.15) is 5.88 Å². The summed E-state index contributed by atoms with van der Waals surface area (Å²) in [4.78, 5) is 10.2. The number of hydrogen-bond donors (Lipinski definition) is 0. The van der Waals surface area contributed by atoms with E-state index in [1.54, 1.807) is 0 Å². The SMILES string of the molecule is O=C1CSCN=N1. The Hall–Kier alpha value is -0.380. The van der Waals surface area contributed by atoms with E-state index in [0.29, 0.717) is 11.6 Å².